The van der Waals surface area contributed by atoms with Gasteiger partial charge in [0.25, 0.3) is 0 Å². The lowest BCUT2D eigenvalue weighted by Crippen LogP contribution is -2.41. The lowest BCUT2D eigenvalue weighted by molar-refractivity contribution is -0.125. The Morgan fingerprint density at radius 1 is 0.903 bits per heavy atom. The number of hydrogen-bond donors (Lipinski definition) is 2. The number of likely N-dealkylation sites (N-methyl/N-ethyl adjacent to an activating group) is 1. The largest absolute Gasteiger partial charge is 0.496 e. The van der Waals surface area contributed by atoms with Crippen molar-refractivity contribution in [2.45, 2.75) is 12.5 Å². The van der Waals surface area contributed by atoms with Crippen molar-refractivity contribution in [3.63, 3.8) is 0 Å². The summed E-state index contributed by atoms with van der Waals surface area (Å²) in [4.78, 5) is 26.8. The van der Waals surface area contributed by atoms with Gasteiger partial charge in [0.1, 0.15) is 5.75 Å². The third kappa shape index (κ3) is 5.83. The van der Waals surface area contributed by atoms with Crippen LogP contribution in [0.15, 0.2) is 66.7 Å². The Bertz CT molecular complexity index is 1040. The highest BCUT2D eigenvalue weighted by atomic mass is 16.5. The predicted molar refractivity (Wildman–Crippen MR) is 123 cm³/mol. The molecule has 1 atom stereocenters. The van der Waals surface area contributed by atoms with Crippen LogP contribution in [0.2, 0.25) is 0 Å². The van der Waals surface area contributed by atoms with Gasteiger partial charge in [0.2, 0.25) is 11.8 Å². The lowest BCUT2D eigenvalue weighted by Gasteiger charge is -2.26. The van der Waals surface area contributed by atoms with Crippen molar-refractivity contribution in [2.75, 3.05) is 34.3 Å². The fraction of sp³-hybridized carbons (Fsp3) is 0.280. The van der Waals surface area contributed by atoms with Gasteiger partial charge in [0.15, 0.2) is 0 Å². The first-order valence-corrected chi connectivity index (χ1v) is 10.3. The molecule has 0 bridgehead atoms. The Hall–Kier alpha value is -3.38. The SMILES string of the molecule is COc1ccccc1C(CNC(=O)CNC(=O)Cc1cccc2ccccc12)N(C)C. The van der Waals surface area contributed by atoms with Crippen LogP contribution in [0.25, 0.3) is 10.8 Å². The highest BCUT2D eigenvalue weighted by Gasteiger charge is 2.19. The molecular weight excluding hydrogens is 390 g/mol. The van der Waals surface area contributed by atoms with E-state index in [4.69, 9.17) is 4.74 Å². The van der Waals surface area contributed by atoms with Crippen LogP contribution >= 0.6 is 0 Å². The Kier molecular flexibility index (Phi) is 7.62. The number of nitrogens with one attached hydrogen (secondary N) is 2. The minimum atomic E-state index is -0.229. The maximum absolute atomic E-state index is 12.4. The second-order valence-corrected chi connectivity index (χ2v) is 7.62. The second-order valence-electron chi connectivity index (χ2n) is 7.62. The number of ether oxygens (including phenoxy) is 1. The molecule has 3 rings (SSSR count). The van der Waals surface area contributed by atoms with Gasteiger partial charge < -0.3 is 20.3 Å². The quantitative estimate of drug-likeness (QED) is 0.560. The fourth-order valence-corrected chi connectivity index (χ4v) is 3.65. The Morgan fingerprint density at radius 3 is 2.39 bits per heavy atom. The molecule has 0 aromatic heterocycles. The molecule has 2 N–H and O–H groups in total. The molecule has 0 saturated carbocycles. The maximum Gasteiger partial charge on any atom is 0.239 e. The van der Waals surface area contributed by atoms with Gasteiger partial charge in [-0.15, -0.1) is 0 Å². The van der Waals surface area contributed by atoms with Crippen LogP contribution in [0.1, 0.15) is 17.2 Å². The molecule has 0 saturated heterocycles. The third-order valence-corrected chi connectivity index (χ3v) is 5.29. The average molecular weight is 420 g/mol. The lowest BCUT2D eigenvalue weighted by atomic mass is 10.0. The van der Waals surface area contributed by atoms with Crippen molar-refractivity contribution < 1.29 is 14.3 Å². The number of amides is 2. The van der Waals surface area contributed by atoms with Crippen molar-refractivity contribution >= 4 is 22.6 Å². The summed E-state index contributed by atoms with van der Waals surface area (Å²) >= 11 is 0. The van der Waals surface area contributed by atoms with E-state index in [0.717, 1.165) is 27.6 Å². The summed E-state index contributed by atoms with van der Waals surface area (Å²) in [5.41, 5.74) is 1.94. The molecule has 0 heterocycles. The normalized spacial score (nSPS) is 11.9. The summed E-state index contributed by atoms with van der Waals surface area (Å²) < 4.78 is 5.45. The molecule has 3 aromatic carbocycles. The van der Waals surface area contributed by atoms with Crippen molar-refractivity contribution in [1.82, 2.24) is 15.5 Å². The zero-order chi connectivity index (χ0) is 22.2. The van der Waals surface area contributed by atoms with E-state index in [-0.39, 0.29) is 30.8 Å². The van der Waals surface area contributed by atoms with Gasteiger partial charge >= 0.3 is 0 Å². The molecule has 0 aliphatic heterocycles. The number of rotatable bonds is 9. The van der Waals surface area contributed by atoms with Gasteiger partial charge in [-0.1, -0.05) is 60.7 Å². The van der Waals surface area contributed by atoms with E-state index < -0.39 is 0 Å². The van der Waals surface area contributed by atoms with Crippen molar-refractivity contribution in [3.05, 3.63) is 77.9 Å². The molecule has 0 radical (unpaired) electrons. The zero-order valence-electron chi connectivity index (χ0n) is 18.2. The number of hydrogen-bond acceptors (Lipinski definition) is 4. The zero-order valence-corrected chi connectivity index (χ0v) is 18.2. The Balaban J connectivity index is 1.53. The monoisotopic (exact) mass is 419 g/mol. The number of benzene rings is 3. The van der Waals surface area contributed by atoms with Gasteiger partial charge in [0, 0.05) is 12.1 Å². The number of nitrogens with zero attached hydrogens (tertiary/aromatic N) is 1. The van der Waals surface area contributed by atoms with E-state index in [1.165, 1.54) is 0 Å². The van der Waals surface area contributed by atoms with Gasteiger partial charge in [-0.25, -0.2) is 0 Å². The molecular formula is C25H29N3O3. The third-order valence-electron chi connectivity index (χ3n) is 5.29. The molecule has 3 aromatic rings. The van der Waals surface area contributed by atoms with Crippen LogP contribution in [0.3, 0.4) is 0 Å². The summed E-state index contributed by atoms with van der Waals surface area (Å²) in [7, 11) is 5.54. The standard InChI is InChI=1S/C25H29N3O3/c1-28(2)22(21-13-6-7-14-23(21)31-3)16-26-25(30)17-27-24(29)15-19-11-8-10-18-9-4-5-12-20(18)19/h4-14,22H,15-17H2,1-3H3,(H,26,30)(H,27,29). The molecule has 31 heavy (non-hydrogen) atoms. The summed E-state index contributed by atoms with van der Waals surface area (Å²) in [6.07, 6.45) is 0.232. The van der Waals surface area contributed by atoms with Crippen LogP contribution in [-0.2, 0) is 16.0 Å². The molecule has 162 valence electrons. The predicted octanol–water partition coefficient (Wildman–Crippen LogP) is 2.93. The van der Waals surface area contributed by atoms with Crippen LogP contribution < -0.4 is 15.4 Å². The molecule has 2 amide bonds. The van der Waals surface area contributed by atoms with Crippen LogP contribution in [0.5, 0.6) is 5.75 Å². The number of carbonyl (C=O) groups is 2. The topological polar surface area (TPSA) is 70.7 Å². The highest BCUT2D eigenvalue weighted by molar-refractivity contribution is 5.91. The van der Waals surface area contributed by atoms with Gasteiger partial charge in [-0.3, -0.25) is 9.59 Å². The average Bonchev–Trinajstić information content (AvgIpc) is 2.78. The highest BCUT2D eigenvalue weighted by Crippen LogP contribution is 2.27. The summed E-state index contributed by atoms with van der Waals surface area (Å²) in [5, 5.41) is 7.78. The van der Waals surface area contributed by atoms with E-state index >= 15 is 0 Å². The van der Waals surface area contributed by atoms with E-state index in [2.05, 4.69) is 10.6 Å². The van der Waals surface area contributed by atoms with Gasteiger partial charge in [-0.2, -0.15) is 0 Å². The van der Waals surface area contributed by atoms with Crippen LogP contribution in [-0.4, -0.2) is 51.0 Å². The van der Waals surface area contributed by atoms with E-state index in [1.54, 1.807) is 7.11 Å². The smallest absolute Gasteiger partial charge is 0.239 e. The summed E-state index contributed by atoms with van der Waals surface area (Å²) in [6.45, 7) is 0.348. The van der Waals surface area contributed by atoms with Crippen molar-refractivity contribution in [2.24, 2.45) is 0 Å². The second kappa shape index (κ2) is 10.6. The van der Waals surface area contributed by atoms with E-state index in [1.807, 2.05) is 85.7 Å². The molecule has 1 unspecified atom stereocenters. The maximum atomic E-state index is 12.4. The van der Waals surface area contributed by atoms with Crippen LogP contribution in [0, 0.1) is 0 Å². The molecule has 0 aliphatic carbocycles. The van der Waals surface area contributed by atoms with Gasteiger partial charge in [0.05, 0.1) is 26.1 Å². The first kappa shape index (κ1) is 22.3. The minimum absolute atomic E-state index is 0.0496. The first-order chi connectivity index (χ1) is 15.0. The van der Waals surface area contributed by atoms with E-state index in [9.17, 15) is 9.59 Å². The number of para-hydroxylation sites is 1. The molecule has 0 spiro atoms. The Labute approximate surface area is 183 Å². The molecule has 0 aliphatic rings. The van der Waals surface area contributed by atoms with Crippen LogP contribution in [0.4, 0.5) is 0 Å². The summed E-state index contributed by atoms with van der Waals surface area (Å²) in [5.74, 6) is 0.368. The molecule has 0 fully saturated rings. The Morgan fingerprint density at radius 2 is 1.61 bits per heavy atom. The van der Waals surface area contributed by atoms with Crippen molar-refractivity contribution in [1.29, 1.82) is 0 Å². The first-order valence-electron chi connectivity index (χ1n) is 10.3. The van der Waals surface area contributed by atoms with Crippen molar-refractivity contribution in [3.8, 4) is 5.75 Å². The van der Waals surface area contributed by atoms with E-state index in [0.29, 0.717) is 6.54 Å². The molecule has 6 nitrogen and oxygen atoms in total. The minimum Gasteiger partial charge on any atom is -0.496 e. The molecule has 6 heteroatoms. The number of fused-ring (bicyclic) bond motifs is 1. The number of methoxy groups -OCH3 is 1. The van der Waals surface area contributed by atoms with Gasteiger partial charge in [-0.05, 0) is 36.5 Å². The number of carbonyl (C=O) groups excluding carboxylic acids is 2. The fourth-order valence-electron chi connectivity index (χ4n) is 3.65. The summed E-state index contributed by atoms with van der Waals surface area (Å²) in [6, 6.07) is 21.6.